The first-order chi connectivity index (χ1) is 22.7. The van der Waals surface area contributed by atoms with Crippen LogP contribution in [0.2, 0.25) is 0 Å². The Balaban J connectivity index is 3.68. The van der Waals surface area contributed by atoms with Crippen LogP contribution in [0, 0.1) is 0 Å². The van der Waals surface area contributed by atoms with Crippen LogP contribution in [-0.4, -0.2) is 34.9 Å². The monoisotopic (exact) mass is 644 g/mol. The lowest BCUT2D eigenvalue weighted by molar-refractivity contribution is -0.123. The average molecular weight is 644 g/mol. The fourth-order valence-electron chi connectivity index (χ4n) is 5.67. The second-order valence-electron chi connectivity index (χ2n) is 13.3. The zero-order chi connectivity index (χ0) is 33.6. The Hall–Kier alpha value is -1.65. The standard InChI is InChI=1S/C42H77NO3/c1-3-5-7-9-11-13-15-17-18-19-20-21-22-23-24-25-26-27-29-31-33-35-37-41(45)40(39-44)43-42(46)38-36-34-32-30-28-16-14-12-10-8-6-4-2/h12,14,23-24,27,29,35,37,40-41,44-45H,3-11,13,15-22,25-26,28,30-34,36,38-39H2,1-2H3,(H,43,46)/b14-12-,24-23+,29-27+,37-35+. The molecule has 0 saturated carbocycles. The Morgan fingerprint density at radius 2 is 0.848 bits per heavy atom. The minimum absolute atomic E-state index is 0.0902. The molecular formula is C42H77NO3. The summed E-state index contributed by atoms with van der Waals surface area (Å²) in [5.74, 6) is -0.0902. The number of carbonyl (C=O) groups is 1. The van der Waals surface area contributed by atoms with E-state index in [1.165, 1.54) is 122 Å². The molecule has 0 spiro atoms. The Bertz CT molecular complexity index is 741. The van der Waals surface area contributed by atoms with Gasteiger partial charge in [0.2, 0.25) is 5.91 Å². The SMILES string of the molecule is CCCCC/C=C\CCCCCCCC(=O)NC(CO)C(O)/C=C/CC/C=C/CC/C=C/CCCCCCCCCCCCCC. The number of rotatable bonds is 35. The van der Waals surface area contributed by atoms with Gasteiger partial charge in [-0.25, -0.2) is 0 Å². The van der Waals surface area contributed by atoms with Crippen LogP contribution in [0.5, 0.6) is 0 Å². The first-order valence-corrected chi connectivity index (χ1v) is 19.9. The highest BCUT2D eigenvalue weighted by Gasteiger charge is 2.17. The molecular weight excluding hydrogens is 566 g/mol. The summed E-state index contributed by atoms with van der Waals surface area (Å²) in [6.45, 7) is 4.25. The average Bonchev–Trinajstić information content (AvgIpc) is 3.06. The zero-order valence-electron chi connectivity index (χ0n) is 30.6. The topological polar surface area (TPSA) is 69.6 Å². The van der Waals surface area contributed by atoms with Crippen molar-refractivity contribution in [2.75, 3.05) is 6.61 Å². The van der Waals surface area contributed by atoms with Crippen LogP contribution in [-0.2, 0) is 4.79 Å². The van der Waals surface area contributed by atoms with Gasteiger partial charge in [-0.15, -0.1) is 0 Å². The van der Waals surface area contributed by atoms with Gasteiger partial charge in [0.05, 0.1) is 18.8 Å². The highest BCUT2D eigenvalue weighted by atomic mass is 16.3. The molecule has 0 aliphatic heterocycles. The van der Waals surface area contributed by atoms with E-state index in [1.807, 2.05) is 6.08 Å². The predicted octanol–water partition coefficient (Wildman–Crippen LogP) is 12.0. The number of allylic oxidation sites excluding steroid dienone is 7. The number of aliphatic hydroxyl groups excluding tert-OH is 2. The van der Waals surface area contributed by atoms with Crippen LogP contribution >= 0.6 is 0 Å². The summed E-state index contributed by atoms with van der Waals surface area (Å²) in [6, 6.07) is -0.648. The normalized spacial score (nSPS) is 13.6. The molecule has 0 aliphatic carbocycles. The molecule has 3 N–H and O–H groups in total. The first-order valence-electron chi connectivity index (χ1n) is 19.9. The van der Waals surface area contributed by atoms with Crippen molar-refractivity contribution in [1.29, 1.82) is 0 Å². The molecule has 0 bridgehead atoms. The van der Waals surface area contributed by atoms with Gasteiger partial charge in [0, 0.05) is 6.42 Å². The molecule has 46 heavy (non-hydrogen) atoms. The van der Waals surface area contributed by atoms with Gasteiger partial charge in [-0.1, -0.05) is 165 Å². The highest BCUT2D eigenvalue weighted by Crippen LogP contribution is 2.13. The molecule has 2 unspecified atom stereocenters. The van der Waals surface area contributed by atoms with Crippen molar-refractivity contribution in [2.24, 2.45) is 0 Å². The quantitative estimate of drug-likeness (QED) is 0.0475. The highest BCUT2D eigenvalue weighted by molar-refractivity contribution is 5.76. The summed E-state index contributed by atoms with van der Waals surface area (Å²) in [5, 5.41) is 22.9. The largest absolute Gasteiger partial charge is 0.394 e. The second kappa shape index (κ2) is 37.8. The minimum Gasteiger partial charge on any atom is -0.394 e. The molecule has 2 atom stereocenters. The van der Waals surface area contributed by atoms with Crippen molar-refractivity contribution in [3.63, 3.8) is 0 Å². The number of nitrogens with one attached hydrogen (secondary N) is 1. The van der Waals surface area contributed by atoms with E-state index < -0.39 is 12.1 Å². The number of hydrogen-bond donors (Lipinski definition) is 3. The molecule has 0 aromatic carbocycles. The number of carbonyl (C=O) groups excluding carboxylic acids is 1. The van der Waals surface area contributed by atoms with Crippen molar-refractivity contribution in [3.05, 3.63) is 48.6 Å². The second-order valence-corrected chi connectivity index (χ2v) is 13.3. The van der Waals surface area contributed by atoms with Crippen LogP contribution in [0.4, 0.5) is 0 Å². The summed E-state index contributed by atoms with van der Waals surface area (Å²) >= 11 is 0. The summed E-state index contributed by atoms with van der Waals surface area (Å²) in [6.07, 6.45) is 50.7. The van der Waals surface area contributed by atoms with Crippen molar-refractivity contribution in [1.82, 2.24) is 5.32 Å². The Labute approximate surface area is 286 Å². The molecule has 0 aromatic heterocycles. The predicted molar refractivity (Wildman–Crippen MR) is 202 cm³/mol. The Kier molecular flexibility index (Phi) is 36.4. The van der Waals surface area contributed by atoms with E-state index in [0.29, 0.717) is 6.42 Å². The van der Waals surface area contributed by atoms with Gasteiger partial charge < -0.3 is 15.5 Å². The molecule has 0 saturated heterocycles. The minimum atomic E-state index is -0.872. The molecule has 4 heteroatoms. The van der Waals surface area contributed by atoms with Gasteiger partial charge in [0.1, 0.15) is 0 Å². The van der Waals surface area contributed by atoms with Crippen LogP contribution in [0.15, 0.2) is 48.6 Å². The molecule has 1 amide bonds. The van der Waals surface area contributed by atoms with Crippen molar-refractivity contribution in [2.45, 2.75) is 206 Å². The van der Waals surface area contributed by atoms with E-state index >= 15 is 0 Å². The van der Waals surface area contributed by atoms with E-state index in [0.717, 1.165) is 51.4 Å². The van der Waals surface area contributed by atoms with Gasteiger partial charge in [0.25, 0.3) is 0 Å². The third-order valence-electron chi connectivity index (χ3n) is 8.76. The lowest BCUT2D eigenvalue weighted by Crippen LogP contribution is -2.45. The molecule has 4 nitrogen and oxygen atoms in total. The maximum absolute atomic E-state index is 12.3. The third-order valence-corrected chi connectivity index (χ3v) is 8.76. The zero-order valence-corrected chi connectivity index (χ0v) is 30.6. The van der Waals surface area contributed by atoms with Gasteiger partial charge in [-0.2, -0.15) is 0 Å². The van der Waals surface area contributed by atoms with Gasteiger partial charge in [-0.3, -0.25) is 4.79 Å². The fraction of sp³-hybridized carbons (Fsp3) is 0.786. The summed E-state index contributed by atoms with van der Waals surface area (Å²) < 4.78 is 0. The third kappa shape index (κ3) is 33.7. The maximum Gasteiger partial charge on any atom is 0.220 e. The van der Waals surface area contributed by atoms with E-state index in [-0.39, 0.29) is 12.5 Å². The van der Waals surface area contributed by atoms with Crippen molar-refractivity contribution < 1.29 is 15.0 Å². The molecule has 0 rings (SSSR count). The van der Waals surface area contributed by atoms with Gasteiger partial charge in [0.15, 0.2) is 0 Å². The number of amides is 1. The molecule has 0 radical (unpaired) electrons. The Morgan fingerprint density at radius 3 is 1.30 bits per heavy atom. The fourth-order valence-corrected chi connectivity index (χ4v) is 5.67. The smallest absolute Gasteiger partial charge is 0.220 e. The molecule has 0 fully saturated rings. The van der Waals surface area contributed by atoms with Gasteiger partial charge in [-0.05, 0) is 70.6 Å². The summed E-state index contributed by atoms with van der Waals surface area (Å²) in [7, 11) is 0. The van der Waals surface area contributed by atoms with E-state index in [9.17, 15) is 15.0 Å². The van der Waals surface area contributed by atoms with Crippen LogP contribution in [0.25, 0.3) is 0 Å². The van der Waals surface area contributed by atoms with Crippen LogP contribution in [0.1, 0.15) is 194 Å². The number of aliphatic hydroxyl groups is 2. The number of unbranched alkanes of at least 4 members (excludes halogenated alkanes) is 22. The molecule has 0 heterocycles. The maximum atomic E-state index is 12.3. The van der Waals surface area contributed by atoms with E-state index in [4.69, 9.17) is 0 Å². The van der Waals surface area contributed by atoms with Crippen molar-refractivity contribution in [3.8, 4) is 0 Å². The molecule has 0 aromatic rings. The number of hydrogen-bond acceptors (Lipinski definition) is 3. The van der Waals surface area contributed by atoms with Crippen LogP contribution < -0.4 is 5.32 Å². The lowest BCUT2D eigenvalue weighted by Gasteiger charge is -2.19. The van der Waals surface area contributed by atoms with E-state index in [1.54, 1.807) is 6.08 Å². The summed E-state index contributed by atoms with van der Waals surface area (Å²) in [5.41, 5.74) is 0. The lowest BCUT2D eigenvalue weighted by atomic mass is 10.0. The molecule has 268 valence electrons. The molecule has 0 aliphatic rings. The van der Waals surface area contributed by atoms with Gasteiger partial charge >= 0.3 is 0 Å². The summed E-state index contributed by atoms with van der Waals surface area (Å²) in [4.78, 5) is 12.3. The Morgan fingerprint density at radius 1 is 0.500 bits per heavy atom. The van der Waals surface area contributed by atoms with Crippen molar-refractivity contribution >= 4 is 5.91 Å². The van der Waals surface area contributed by atoms with E-state index in [2.05, 4.69) is 55.6 Å². The first kappa shape index (κ1) is 44.4. The van der Waals surface area contributed by atoms with Crippen LogP contribution in [0.3, 0.4) is 0 Å².